The van der Waals surface area contributed by atoms with Crippen LogP contribution in [-0.4, -0.2) is 46.2 Å². The van der Waals surface area contributed by atoms with Gasteiger partial charge < -0.3 is 19.8 Å². The minimum atomic E-state index is -1.43. The first kappa shape index (κ1) is 15.8. The number of aliphatic carboxylic acids is 2. The molecule has 2 rings (SSSR count). The zero-order valence-corrected chi connectivity index (χ0v) is 11.9. The van der Waals surface area contributed by atoms with Crippen LogP contribution in [0.4, 0.5) is 4.79 Å². The second-order valence-electron chi connectivity index (χ2n) is 5.37. The molecule has 0 radical (unpaired) electrons. The Bertz CT molecular complexity index is 573. The first-order chi connectivity index (χ1) is 10.4. The number of benzene rings is 1. The maximum Gasteiger partial charge on any atom is 0.410 e. The summed E-state index contributed by atoms with van der Waals surface area (Å²) >= 11 is 0. The molecule has 22 heavy (non-hydrogen) atoms. The van der Waals surface area contributed by atoms with Crippen molar-refractivity contribution in [2.45, 2.75) is 19.4 Å². The highest BCUT2D eigenvalue weighted by Crippen LogP contribution is 2.34. The lowest BCUT2D eigenvalue weighted by Gasteiger charge is -2.22. The van der Waals surface area contributed by atoms with Gasteiger partial charge in [0, 0.05) is 13.1 Å². The predicted octanol–water partition coefficient (Wildman–Crippen LogP) is 1.57. The van der Waals surface area contributed by atoms with Crippen molar-refractivity contribution >= 4 is 18.0 Å². The molecule has 0 saturated carbocycles. The first-order valence-corrected chi connectivity index (χ1v) is 6.84. The summed E-state index contributed by atoms with van der Waals surface area (Å²) in [7, 11) is 0. The largest absolute Gasteiger partial charge is 0.481 e. The molecule has 0 spiro atoms. The summed E-state index contributed by atoms with van der Waals surface area (Å²) in [5.74, 6) is -2.39. The van der Waals surface area contributed by atoms with E-state index in [1.807, 2.05) is 30.3 Å². The molecular weight excluding hydrogens is 290 g/mol. The predicted molar refractivity (Wildman–Crippen MR) is 75.1 cm³/mol. The molecule has 7 nitrogen and oxygen atoms in total. The third-order valence-electron chi connectivity index (χ3n) is 3.76. The van der Waals surface area contributed by atoms with Crippen LogP contribution in [0.1, 0.15) is 18.4 Å². The molecule has 1 aliphatic heterocycles. The Labute approximate surface area is 127 Å². The second-order valence-corrected chi connectivity index (χ2v) is 5.37. The van der Waals surface area contributed by atoms with E-state index in [2.05, 4.69) is 0 Å². The minimum absolute atomic E-state index is 0.0924. The molecule has 1 aliphatic rings. The fourth-order valence-corrected chi connectivity index (χ4v) is 2.52. The van der Waals surface area contributed by atoms with E-state index in [0.29, 0.717) is 0 Å². The molecule has 1 aromatic carbocycles. The summed E-state index contributed by atoms with van der Waals surface area (Å²) in [5, 5.41) is 18.1. The number of nitrogens with zero attached hydrogens (tertiary/aromatic N) is 1. The highest BCUT2D eigenvalue weighted by atomic mass is 16.6. The van der Waals surface area contributed by atoms with Crippen molar-refractivity contribution in [3.8, 4) is 0 Å². The number of carboxylic acid groups (broad SMARTS) is 2. The van der Waals surface area contributed by atoms with Gasteiger partial charge in [-0.1, -0.05) is 30.3 Å². The van der Waals surface area contributed by atoms with Crippen LogP contribution in [-0.2, 0) is 20.9 Å². The van der Waals surface area contributed by atoms with Gasteiger partial charge >= 0.3 is 18.0 Å². The third kappa shape index (κ3) is 3.55. The normalized spacial score (nSPS) is 20.6. The Morgan fingerprint density at radius 3 is 2.45 bits per heavy atom. The lowest BCUT2D eigenvalue weighted by Crippen LogP contribution is -2.38. The number of rotatable bonds is 5. The average molecular weight is 307 g/mol. The molecule has 1 unspecified atom stereocenters. The van der Waals surface area contributed by atoms with Gasteiger partial charge in [0.05, 0.1) is 11.8 Å². The van der Waals surface area contributed by atoms with Crippen molar-refractivity contribution in [3.63, 3.8) is 0 Å². The summed E-state index contributed by atoms with van der Waals surface area (Å²) in [6.07, 6.45) is -1.03. The Hall–Kier alpha value is -2.57. The summed E-state index contributed by atoms with van der Waals surface area (Å²) in [6.45, 7) is 0.116. The van der Waals surface area contributed by atoms with E-state index in [-0.39, 0.29) is 26.1 Å². The number of amides is 1. The molecule has 0 aliphatic carbocycles. The third-order valence-corrected chi connectivity index (χ3v) is 3.76. The highest BCUT2D eigenvalue weighted by molar-refractivity contribution is 5.83. The molecule has 0 bridgehead atoms. The molecule has 1 aromatic rings. The van der Waals surface area contributed by atoms with Crippen molar-refractivity contribution in [3.05, 3.63) is 35.9 Å². The molecule has 2 N–H and O–H groups in total. The topological polar surface area (TPSA) is 104 Å². The second kappa shape index (κ2) is 6.46. The number of ether oxygens (including phenoxy) is 1. The number of carbonyl (C=O) groups excluding carboxylic acids is 1. The zero-order chi connectivity index (χ0) is 16.2. The van der Waals surface area contributed by atoms with Gasteiger partial charge in [-0.05, 0) is 12.0 Å². The number of carboxylic acids is 2. The van der Waals surface area contributed by atoms with E-state index < -0.39 is 29.9 Å². The van der Waals surface area contributed by atoms with Crippen LogP contribution in [0.15, 0.2) is 30.3 Å². The van der Waals surface area contributed by atoms with Gasteiger partial charge in [-0.2, -0.15) is 0 Å². The lowest BCUT2D eigenvalue weighted by molar-refractivity contribution is -0.154. The molecule has 1 heterocycles. The van der Waals surface area contributed by atoms with E-state index >= 15 is 0 Å². The van der Waals surface area contributed by atoms with Crippen LogP contribution in [0.3, 0.4) is 0 Å². The van der Waals surface area contributed by atoms with Gasteiger partial charge in [0.2, 0.25) is 0 Å². The molecule has 118 valence electrons. The van der Waals surface area contributed by atoms with Crippen LogP contribution < -0.4 is 0 Å². The molecule has 1 amide bonds. The molecule has 1 fully saturated rings. The van der Waals surface area contributed by atoms with Gasteiger partial charge in [0.25, 0.3) is 0 Å². The fraction of sp³-hybridized carbons (Fsp3) is 0.400. The summed E-state index contributed by atoms with van der Waals surface area (Å²) < 4.78 is 5.14. The standard InChI is InChI=1S/C15H17NO6/c17-12(18)8-15(13(19)20)6-7-16(10-15)14(21)22-9-11-4-2-1-3-5-11/h1-5H,6-10H2,(H,17,18)(H,19,20). The molecule has 7 heteroatoms. The van der Waals surface area contributed by atoms with Crippen LogP contribution in [0, 0.1) is 5.41 Å². The number of carbonyl (C=O) groups is 3. The SMILES string of the molecule is O=C(O)CC1(C(=O)O)CCN(C(=O)OCc2ccccc2)C1. The highest BCUT2D eigenvalue weighted by Gasteiger charge is 2.48. The minimum Gasteiger partial charge on any atom is -0.481 e. The van der Waals surface area contributed by atoms with Crippen molar-refractivity contribution in [1.82, 2.24) is 4.90 Å². The Kier molecular flexibility index (Phi) is 4.65. The number of likely N-dealkylation sites (tertiary alicyclic amines) is 1. The molecular formula is C15H17NO6. The molecule has 1 saturated heterocycles. The Morgan fingerprint density at radius 1 is 1.18 bits per heavy atom. The number of hydrogen-bond donors (Lipinski definition) is 2. The van der Waals surface area contributed by atoms with E-state index in [1.165, 1.54) is 4.90 Å². The maximum atomic E-state index is 12.0. The summed E-state index contributed by atoms with van der Waals surface area (Å²) in [4.78, 5) is 35.4. The Morgan fingerprint density at radius 2 is 1.86 bits per heavy atom. The van der Waals surface area contributed by atoms with Gasteiger partial charge in [-0.15, -0.1) is 0 Å². The summed E-state index contributed by atoms with van der Waals surface area (Å²) in [5.41, 5.74) is -0.609. The fourth-order valence-electron chi connectivity index (χ4n) is 2.52. The molecule has 0 aromatic heterocycles. The van der Waals surface area contributed by atoms with E-state index in [4.69, 9.17) is 9.84 Å². The van der Waals surface area contributed by atoms with Gasteiger partial charge in [-0.3, -0.25) is 9.59 Å². The van der Waals surface area contributed by atoms with Gasteiger partial charge in [0.15, 0.2) is 0 Å². The van der Waals surface area contributed by atoms with Crippen LogP contribution in [0.25, 0.3) is 0 Å². The van der Waals surface area contributed by atoms with E-state index in [0.717, 1.165) is 5.56 Å². The smallest absolute Gasteiger partial charge is 0.410 e. The quantitative estimate of drug-likeness (QED) is 0.855. The monoisotopic (exact) mass is 307 g/mol. The lowest BCUT2D eigenvalue weighted by atomic mass is 9.84. The van der Waals surface area contributed by atoms with Crippen LogP contribution >= 0.6 is 0 Å². The number of hydrogen-bond acceptors (Lipinski definition) is 4. The van der Waals surface area contributed by atoms with Crippen LogP contribution in [0.2, 0.25) is 0 Å². The van der Waals surface area contributed by atoms with Crippen molar-refractivity contribution in [2.24, 2.45) is 5.41 Å². The van der Waals surface area contributed by atoms with Crippen LogP contribution in [0.5, 0.6) is 0 Å². The van der Waals surface area contributed by atoms with Crippen molar-refractivity contribution in [2.75, 3.05) is 13.1 Å². The van der Waals surface area contributed by atoms with Gasteiger partial charge in [-0.25, -0.2) is 4.79 Å². The summed E-state index contributed by atoms with van der Waals surface area (Å²) in [6, 6.07) is 9.11. The van der Waals surface area contributed by atoms with E-state index in [9.17, 15) is 19.5 Å². The van der Waals surface area contributed by atoms with E-state index in [1.54, 1.807) is 0 Å². The van der Waals surface area contributed by atoms with Gasteiger partial charge in [0.1, 0.15) is 6.61 Å². The van der Waals surface area contributed by atoms with Crippen molar-refractivity contribution < 1.29 is 29.3 Å². The first-order valence-electron chi connectivity index (χ1n) is 6.84. The van der Waals surface area contributed by atoms with Crippen molar-refractivity contribution in [1.29, 1.82) is 0 Å². The maximum absolute atomic E-state index is 12.0. The molecule has 1 atom stereocenters. The Balaban J connectivity index is 1.95. The average Bonchev–Trinajstić information content (AvgIpc) is 2.91. The zero-order valence-electron chi connectivity index (χ0n) is 11.9.